The van der Waals surface area contributed by atoms with Crippen LogP contribution in [0.5, 0.6) is 0 Å². The van der Waals surface area contributed by atoms with Gasteiger partial charge >= 0.3 is 0 Å². The Morgan fingerprint density at radius 2 is 1.85 bits per heavy atom. The molecule has 0 aliphatic rings. The van der Waals surface area contributed by atoms with Crippen LogP contribution in [0.2, 0.25) is 5.02 Å². The zero-order valence-electron chi connectivity index (χ0n) is 7.62. The van der Waals surface area contributed by atoms with Crippen LogP contribution < -0.4 is 0 Å². The van der Waals surface area contributed by atoms with Crippen molar-refractivity contribution in [3.8, 4) is 0 Å². The van der Waals surface area contributed by atoms with Crippen LogP contribution in [-0.4, -0.2) is 25.3 Å². The molecule has 0 saturated heterocycles. The Bertz CT molecular complexity index is 281. The predicted molar refractivity (Wildman–Crippen MR) is 53.6 cm³/mol. The Labute approximate surface area is 83.1 Å². The number of nitrogens with zero attached hydrogens (tertiary/aromatic N) is 1. The summed E-state index contributed by atoms with van der Waals surface area (Å²) < 4.78 is 0. The molecule has 69 valence electrons. The quantitative estimate of drug-likeness (QED) is 0.738. The number of carbonyl (C=O) groups excluding carboxylic acids is 1. The first-order valence-electron chi connectivity index (χ1n) is 3.94. The Morgan fingerprint density at radius 3 is 2.23 bits per heavy atom. The van der Waals surface area contributed by atoms with Gasteiger partial charge in [0.25, 0.3) is 0 Å². The number of benzene rings is 1. The van der Waals surface area contributed by atoms with Crippen LogP contribution >= 0.6 is 11.6 Å². The maximum absolute atomic E-state index is 10.6. The zero-order chi connectivity index (χ0) is 9.84. The summed E-state index contributed by atoms with van der Waals surface area (Å²) >= 11 is 5.73. The van der Waals surface area contributed by atoms with Crippen molar-refractivity contribution in [2.75, 3.05) is 14.1 Å². The molecule has 0 aromatic heterocycles. The SMILES string of the molecule is CN(C)C([C]=O)c1ccc(Cl)cc1. The molecule has 1 unspecified atom stereocenters. The molecule has 0 N–H and O–H groups in total. The zero-order valence-corrected chi connectivity index (χ0v) is 8.38. The summed E-state index contributed by atoms with van der Waals surface area (Å²) in [4.78, 5) is 12.4. The molecule has 0 aliphatic heterocycles. The topological polar surface area (TPSA) is 20.3 Å². The Kier molecular flexibility index (Phi) is 3.46. The van der Waals surface area contributed by atoms with E-state index >= 15 is 0 Å². The monoisotopic (exact) mass is 196 g/mol. The molecule has 1 aromatic rings. The maximum Gasteiger partial charge on any atom is 0.221 e. The van der Waals surface area contributed by atoms with E-state index in [1.54, 1.807) is 17.0 Å². The Morgan fingerprint density at radius 1 is 1.31 bits per heavy atom. The number of rotatable bonds is 3. The molecule has 0 amide bonds. The summed E-state index contributed by atoms with van der Waals surface area (Å²) in [5.41, 5.74) is 0.907. The standard InChI is InChI=1S/C10H11ClNO/c1-12(2)10(7-13)8-3-5-9(11)6-4-8/h3-6,10H,1-2H3. The maximum atomic E-state index is 10.6. The van der Waals surface area contributed by atoms with Crippen LogP contribution in [0.4, 0.5) is 0 Å². The van der Waals surface area contributed by atoms with Crippen molar-refractivity contribution in [3.05, 3.63) is 34.9 Å². The highest BCUT2D eigenvalue weighted by molar-refractivity contribution is 6.30. The van der Waals surface area contributed by atoms with Crippen molar-refractivity contribution in [2.24, 2.45) is 0 Å². The normalized spacial score (nSPS) is 12.9. The highest BCUT2D eigenvalue weighted by atomic mass is 35.5. The smallest absolute Gasteiger partial charge is 0.221 e. The molecule has 1 radical (unpaired) electrons. The van der Waals surface area contributed by atoms with E-state index in [1.165, 1.54) is 0 Å². The van der Waals surface area contributed by atoms with Crippen LogP contribution in [0, 0.1) is 0 Å². The van der Waals surface area contributed by atoms with Crippen LogP contribution in [0.25, 0.3) is 0 Å². The Balaban J connectivity index is 2.92. The fraction of sp³-hybridized carbons (Fsp3) is 0.300. The largest absolute Gasteiger partial charge is 0.296 e. The van der Waals surface area contributed by atoms with Crippen LogP contribution in [0.1, 0.15) is 11.6 Å². The first-order chi connectivity index (χ1) is 6.15. The molecule has 0 saturated carbocycles. The summed E-state index contributed by atoms with van der Waals surface area (Å²) in [6.07, 6.45) is 1.97. The van der Waals surface area contributed by atoms with Gasteiger partial charge in [-0.2, -0.15) is 0 Å². The molecular formula is C10H11ClNO. The average Bonchev–Trinajstić information content (AvgIpc) is 2.09. The number of hydrogen-bond acceptors (Lipinski definition) is 2. The average molecular weight is 197 g/mol. The van der Waals surface area contributed by atoms with Crippen LogP contribution in [0.15, 0.2) is 24.3 Å². The van der Waals surface area contributed by atoms with E-state index in [2.05, 4.69) is 0 Å². The molecule has 2 nitrogen and oxygen atoms in total. The van der Waals surface area contributed by atoms with Gasteiger partial charge in [0.15, 0.2) is 0 Å². The number of hydrogen-bond donors (Lipinski definition) is 0. The second kappa shape index (κ2) is 4.40. The summed E-state index contributed by atoms with van der Waals surface area (Å²) in [6.45, 7) is 0. The van der Waals surface area contributed by atoms with Crippen LogP contribution in [-0.2, 0) is 4.79 Å². The molecule has 3 heteroatoms. The molecule has 1 aromatic carbocycles. The van der Waals surface area contributed by atoms with E-state index in [-0.39, 0.29) is 6.04 Å². The van der Waals surface area contributed by atoms with Crippen molar-refractivity contribution >= 4 is 17.9 Å². The van der Waals surface area contributed by atoms with E-state index in [0.29, 0.717) is 5.02 Å². The lowest BCUT2D eigenvalue weighted by molar-refractivity contribution is 0.355. The molecule has 1 rings (SSSR count). The minimum absolute atomic E-state index is 0.308. The molecule has 0 spiro atoms. The molecule has 0 heterocycles. The van der Waals surface area contributed by atoms with Gasteiger partial charge < -0.3 is 0 Å². The first kappa shape index (κ1) is 10.2. The van der Waals surface area contributed by atoms with Gasteiger partial charge in [-0.05, 0) is 31.8 Å². The van der Waals surface area contributed by atoms with E-state index in [1.807, 2.05) is 32.5 Å². The van der Waals surface area contributed by atoms with Gasteiger partial charge in [-0.1, -0.05) is 23.7 Å². The highest BCUT2D eigenvalue weighted by Gasteiger charge is 2.12. The van der Waals surface area contributed by atoms with Crippen LogP contribution in [0.3, 0.4) is 0 Å². The van der Waals surface area contributed by atoms with Crippen molar-refractivity contribution in [3.63, 3.8) is 0 Å². The van der Waals surface area contributed by atoms with Gasteiger partial charge in [-0.15, -0.1) is 0 Å². The molecule has 1 atom stereocenters. The lowest BCUT2D eigenvalue weighted by atomic mass is 10.1. The third-order valence-corrected chi connectivity index (χ3v) is 2.07. The van der Waals surface area contributed by atoms with Gasteiger partial charge in [0.05, 0.1) is 0 Å². The van der Waals surface area contributed by atoms with Crippen molar-refractivity contribution in [1.82, 2.24) is 4.90 Å². The van der Waals surface area contributed by atoms with Gasteiger partial charge in [0, 0.05) is 5.02 Å². The van der Waals surface area contributed by atoms with E-state index in [0.717, 1.165) is 5.56 Å². The summed E-state index contributed by atoms with van der Waals surface area (Å²) in [5.74, 6) is 0. The molecular weight excluding hydrogens is 186 g/mol. The fourth-order valence-corrected chi connectivity index (χ4v) is 1.24. The second-order valence-electron chi connectivity index (χ2n) is 3.04. The lowest BCUT2D eigenvalue weighted by Crippen LogP contribution is -2.20. The lowest BCUT2D eigenvalue weighted by Gasteiger charge is -2.17. The van der Waals surface area contributed by atoms with E-state index in [9.17, 15) is 4.79 Å². The molecule has 13 heavy (non-hydrogen) atoms. The highest BCUT2D eigenvalue weighted by Crippen LogP contribution is 2.18. The third kappa shape index (κ3) is 2.54. The van der Waals surface area contributed by atoms with Crippen molar-refractivity contribution in [2.45, 2.75) is 6.04 Å². The van der Waals surface area contributed by atoms with Gasteiger partial charge in [-0.3, -0.25) is 9.69 Å². The van der Waals surface area contributed by atoms with Gasteiger partial charge in [-0.25, -0.2) is 0 Å². The molecule has 0 fully saturated rings. The van der Waals surface area contributed by atoms with E-state index < -0.39 is 0 Å². The molecule has 0 bridgehead atoms. The first-order valence-corrected chi connectivity index (χ1v) is 4.32. The van der Waals surface area contributed by atoms with Crippen molar-refractivity contribution in [1.29, 1.82) is 0 Å². The number of halogens is 1. The predicted octanol–water partition coefficient (Wildman–Crippen LogP) is 2.05. The Hall–Kier alpha value is -0.860. The summed E-state index contributed by atoms with van der Waals surface area (Å²) in [6, 6.07) is 6.89. The van der Waals surface area contributed by atoms with Crippen molar-refractivity contribution < 1.29 is 4.79 Å². The third-order valence-electron chi connectivity index (χ3n) is 1.81. The van der Waals surface area contributed by atoms with Gasteiger partial charge in [0.2, 0.25) is 6.29 Å². The molecule has 0 aliphatic carbocycles. The summed E-state index contributed by atoms with van der Waals surface area (Å²) in [5, 5.41) is 0.673. The van der Waals surface area contributed by atoms with E-state index in [4.69, 9.17) is 11.6 Å². The number of likely N-dealkylation sites (N-methyl/N-ethyl adjacent to an activating group) is 1. The minimum atomic E-state index is -0.308. The fourth-order valence-electron chi connectivity index (χ4n) is 1.12. The summed E-state index contributed by atoms with van der Waals surface area (Å²) in [7, 11) is 3.67. The minimum Gasteiger partial charge on any atom is -0.296 e. The van der Waals surface area contributed by atoms with Gasteiger partial charge in [0.1, 0.15) is 6.04 Å². The second-order valence-corrected chi connectivity index (χ2v) is 3.47.